The third-order valence-electron chi connectivity index (χ3n) is 3.31. The SMILES string of the molecule is CN(C)C(=O)c1ccc(NCC2CCSC2)c(N)c1. The zero-order valence-corrected chi connectivity index (χ0v) is 12.3. The minimum Gasteiger partial charge on any atom is -0.397 e. The number of nitrogens with zero attached hydrogens (tertiary/aromatic N) is 1. The first kappa shape index (κ1) is 14.1. The second-order valence-corrected chi connectivity index (χ2v) is 6.26. The third-order valence-corrected chi connectivity index (χ3v) is 4.54. The topological polar surface area (TPSA) is 58.4 Å². The van der Waals surface area contributed by atoms with E-state index in [1.165, 1.54) is 17.9 Å². The molecule has 0 saturated carbocycles. The number of amides is 1. The van der Waals surface area contributed by atoms with Gasteiger partial charge < -0.3 is 16.0 Å². The number of rotatable bonds is 4. The van der Waals surface area contributed by atoms with Crippen molar-refractivity contribution in [1.29, 1.82) is 0 Å². The third kappa shape index (κ3) is 3.56. The summed E-state index contributed by atoms with van der Waals surface area (Å²) in [6.45, 7) is 0.957. The number of thioether (sulfide) groups is 1. The van der Waals surface area contributed by atoms with Crippen LogP contribution in [0.1, 0.15) is 16.8 Å². The van der Waals surface area contributed by atoms with Crippen LogP contribution in [-0.2, 0) is 0 Å². The number of hydrogen-bond acceptors (Lipinski definition) is 4. The standard InChI is InChI=1S/C14H21N3OS/c1-17(2)14(18)11-3-4-13(12(15)7-11)16-8-10-5-6-19-9-10/h3-4,7,10,16H,5-6,8-9,15H2,1-2H3. The molecule has 19 heavy (non-hydrogen) atoms. The molecule has 1 aliphatic heterocycles. The average molecular weight is 279 g/mol. The predicted molar refractivity (Wildman–Crippen MR) is 82.8 cm³/mol. The van der Waals surface area contributed by atoms with Crippen LogP contribution in [-0.4, -0.2) is 43.0 Å². The molecular formula is C14H21N3OS. The normalized spacial score (nSPS) is 18.3. The van der Waals surface area contributed by atoms with Gasteiger partial charge in [0, 0.05) is 26.2 Å². The second kappa shape index (κ2) is 6.19. The quantitative estimate of drug-likeness (QED) is 0.829. The van der Waals surface area contributed by atoms with Crippen molar-refractivity contribution >= 4 is 29.0 Å². The summed E-state index contributed by atoms with van der Waals surface area (Å²) in [5.74, 6) is 3.19. The van der Waals surface area contributed by atoms with E-state index < -0.39 is 0 Å². The molecule has 5 heteroatoms. The van der Waals surface area contributed by atoms with Gasteiger partial charge in [0.05, 0.1) is 11.4 Å². The number of anilines is 2. The van der Waals surface area contributed by atoms with Crippen LogP contribution in [0.25, 0.3) is 0 Å². The highest BCUT2D eigenvalue weighted by Crippen LogP contribution is 2.25. The van der Waals surface area contributed by atoms with E-state index >= 15 is 0 Å². The highest BCUT2D eigenvalue weighted by Gasteiger charge is 2.16. The van der Waals surface area contributed by atoms with Crippen molar-refractivity contribution in [3.8, 4) is 0 Å². The van der Waals surface area contributed by atoms with Crippen LogP contribution in [0.2, 0.25) is 0 Å². The van der Waals surface area contributed by atoms with E-state index in [9.17, 15) is 4.79 Å². The van der Waals surface area contributed by atoms with Crippen LogP contribution in [0.15, 0.2) is 18.2 Å². The Balaban J connectivity index is 2.00. The first-order valence-corrected chi connectivity index (χ1v) is 7.66. The van der Waals surface area contributed by atoms with E-state index in [0.29, 0.717) is 11.3 Å². The van der Waals surface area contributed by atoms with Crippen LogP contribution in [0.5, 0.6) is 0 Å². The Labute approximate surface area is 118 Å². The van der Waals surface area contributed by atoms with Crippen molar-refractivity contribution in [2.75, 3.05) is 43.2 Å². The minimum absolute atomic E-state index is 0.0227. The summed E-state index contributed by atoms with van der Waals surface area (Å²) in [5.41, 5.74) is 8.20. The summed E-state index contributed by atoms with van der Waals surface area (Å²) in [4.78, 5) is 13.4. The first-order valence-electron chi connectivity index (χ1n) is 6.50. The molecule has 4 nitrogen and oxygen atoms in total. The van der Waals surface area contributed by atoms with Gasteiger partial charge in [0.1, 0.15) is 0 Å². The molecular weight excluding hydrogens is 258 g/mol. The number of carbonyl (C=O) groups is 1. The fraction of sp³-hybridized carbons (Fsp3) is 0.500. The minimum atomic E-state index is -0.0227. The first-order chi connectivity index (χ1) is 9.08. The van der Waals surface area contributed by atoms with Crippen molar-refractivity contribution in [1.82, 2.24) is 4.90 Å². The van der Waals surface area contributed by atoms with E-state index in [1.54, 1.807) is 25.1 Å². The van der Waals surface area contributed by atoms with E-state index in [1.807, 2.05) is 23.9 Å². The van der Waals surface area contributed by atoms with Crippen LogP contribution < -0.4 is 11.1 Å². The lowest BCUT2D eigenvalue weighted by Gasteiger charge is -2.15. The summed E-state index contributed by atoms with van der Waals surface area (Å²) in [5, 5.41) is 3.39. The summed E-state index contributed by atoms with van der Waals surface area (Å²) >= 11 is 2.01. The molecule has 1 aliphatic rings. The maximum atomic E-state index is 11.8. The van der Waals surface area contributed by atoms with Gasteiger partial charge >= 0.3 is 0 Å². The van der Waals surface area contributed by atoms with Gasteiger partial charge in [-0.1, -0.05) is 0 Å². The Kier molecular flexibility index (Phi) is 4.58. The van der Waals surface area contributed by atoms with E-state index in [2.05, 4.69) is 5.32 Å². The molecule has 0 aliphatic carbocycles. The number of nitrogens with one attached hydrogen (secondary N) is 1. The molecule has 104 valence electrons. The zero-order chi connectivity index (χ0) is 13.8. The average Bonchev–Trinajstić information content (AvgIpc) is 2.89. The lowest BCUT2D eigenvalue weighted by atomic mass is 10.1. The molecule has 2 rings (SSSR count). The fourth-order valence-electron chi connectivity index (χ4n) is 2.11. The van der Waals surface area contributed by atoms with Gasteiger partial charge in [0.25, 0.3) is 5.91 Å². The Bertz CT molecular complexity index is 456. The highest BCUT2D eigenvalue weighted by molar-refractivity contribution is 7.99. The summed E-state index contributed by atoms with van der Waals surface area (Å²) in [6.07, 6.45) is 1.27. The summed E-state index contributed by atoms with van der Waals surface area (Å²) in [6, 6.07) is 5.46. The monoisotopic (exact) mass is 279 g/mol. The van der Waals surface area contributed by atoms with Gasteiger partial charge in [0.15, 0.2) is 0 Å². The smallest absolute Gasteiger partial charge is 0.253 e. The molecule has 1 atom stereocenters. The van der Waals surface area contributed by atoms with Gasteiger partial charge in [-0.05, 0) is 42.0 Å². The fourth-order valence-corrected chi connectivity index (χ4v) is 3.40. The Morgan fingerprint density at radius 3 is 2.89 bits per heavy atom. The predicted octanol–water partition coefficient (Wildman–Crippen LogP) is 2.14. The van der Waals surface area contributed by atoms with Gasteiger partial charge in [-0.15, -0.1) is 0 Å². The number of carbonyl (C=O) groups excluding carboxylic acids is 1. The Morgan fingerprint density at radius 1 is 1.53 bits per heavy atom. The van der Waals surface area contributed by atoms with Crippen LogP contribution in [0.4, 0.5) is 11.4 Å². The van der Waals surface area contributed by atoms with Crippen molar-refractivity contribution in [2.45, 2.75) is 6.42 Å². The van der Waals surface area contributed by atoms with Crippen LogP contribution >= 0.6 is 11.8 Å². The molecule has 1 heterocycles. The van der Waals surface area contributed by atoms with Crippen molar-refractivity contribution in [3.63, 3.8) is 0 Å². The molecule has 1 fully saturated rings. The lowest BCUT2D eigenvalue weighted by molar-refractivity contribution is 0.0827. The summed E-state index contributed by atoms with van der Waals surface area (Å²) < 4.78 is 0. The Hall–Kier alpha value is -1.36. The summed E-state index contributed by atoms with van der Waals surface area (Å²) in [7, 11) is 3.48. The lowest BCUT2D eigenvalue weighted by Crippen LogP contribution is -2.22. The highest BCUT2D eigenvalue weighted by atomic mass is 32.2. The molecule has 1 aromatic carbocycles. The van der Waals surface area contributed by atoms with Gasteiger partial charge in [-0.3, -0.25) is 4.79 Å². The molecule has 1 aromatic rings. The molecule has 3 N–H and O–H groups in total. The van der Waals surface area contributed by atoms with Gasteiger partial charge in [0.2, 0.25) is 0 Å². The number of nitrogens with two attached hydrogens (primary N) is 1. The second-order valence-electron chi connectivity index (χ2n) is 5.11. The maximum absolute atomic E-state index is 11.8. The molecule has 0 aromatic heterocycles. The van der Waals surface area contributed by atoms with E-state index in [0.717, 1.165) is 18.2 Å². The molecule has 0 spiro atoms. The van der Waals surface area contributed by atoms with Crippen LogP contribution in [0, 0.1) is 5.92 Å². The number of hydrogen-bond donors (Lipinski definition) is 2. The molecule has 0 bridgehead atoms. The molecule has 0 radical (unpaired) electrons. The van der Waals surface area contributed by atoms with Gasteiger partial charge in [-0.2, -0.15) is 11.8 Å². The maximum Gasteiger partial charge on any atom is 0.253 e. The number of benzene rings is 1. The zero-order valence-electron chi connectivity index (χ0n) is 11.5. The molecule has 1 amide bonds. The van der Waals surface area contributed by atoms with Gasteiger partial charge in [-0.25, -0.2) is 0 Å². The van der Waals surface area contributed by atoms with Crippen molar-refractivity contribution in [2.24, 2.45) is 5.92 Å². The van der Waals surface area contributed by atoms with Crippen molar-refractivity contribution in [3.05, 3.63) is 23.8 Å². The van der Waals surface area contributed by atoms with Crippen molar-refractivity contribution < 1.29 is 4.79 Å². The van der Waals surface area contributed by atoms with Crippen LogP contribution in [0.3, 0.4) is 0 Å². The van der Waals surface area contributed by atoms with E-state index in [4.69, 9.17) is 5.73 Å². The molecule has 1 unspecified atom stereocenters. The Morgan fingerprint density at radius 2 is 2.32 bits per heavy atom. The number of nitrogen functional groups attached to an aromatic ring is 1. The van der Waals surface area contributed by atoms with E-state index in [-0.39, 0.29) is 5.91 Å². The molecule has 1 saturated heterocycles. The largest absolute Gasteiger partial charge is 0.397 e.